The van der Waals surface area contributed by atoms with Crippen molar-refractivity contribution in [1.82, 2.24) is 5.32 Å². The second-order valence-electron chi connectivity index (χ2n) is 4.91. The molecule has 5 heteroatoms. The van der Waals surface area contributed by atoms with Gasteiger partial charge in [-0.3, -0.25) is 4.79 Å². The SMILES string of the molecule is COc1cccc(C(=O)NCC(C)(C)CN)c1O. The van der Waals surface area contributed by atoms with Crippen LogP contribution < -0.4 is 15.8 Å². The van der Waals surface area contributed by atoms with E-state index in [1.54, 1.807) is 18.2 Å². The number of methoxy groups -OCH3 is 1. The lowest BCUT2D eigenvalue weighted by Gasteiger charge is -2.22. The van der Waals surface area contributed by atoms with Gasteiger partial charge in [0, 0.05) is 6.54 Å². The predicted octanol–water partition coefficient (Wildman–Crippen LogP) is 1.12. The lowest BCUT2D eigenvalue weighted by molar-refractivity contribution is 0.0934. The van der Waals surface area contributed by atoms with Crippen molar-refractivity contribution < 1.29 is 14.6 Å². The van der Waals surface area contributed by atoms with E-state index < -0.39 is 0 Å². The minimum Gasteiger partial charge on any atom is -0.504 e. The van der Waals surface area contributed by atoms with E-state index in [1.165, 1.54) is 7.11 Å². The van der Waals surface area contributed by atoms with Gasteiger partial charge in [0.05, 0.1) is 12.7 Å². The molecule has 0 fully saturated rings. The number of nitrogens with one attached hydrogen (secondary N) is 1. The third-order valence-corrected chi connectivity index (χ3v) is 2.74. The summed E-state index contributed by atoms with van der Waals surface area (Å²) in [6.07, 6.45) is 0. The number of carbonyl (C=O) groups excluding carboxylic acids is 1. The Morgan fingerprint density at radius 1 is 1.50 bits per heavy atom. The minimum atomic E-state index is -0.340. The van der Waals surface area contributed by atoms with Crippen LogP contribution in [-0.2, 0) is 0 Å². The van der Waals surface area contributed by atoms with E-state index in [2.05, 4.69) is 5.32 Å². The monoisotopic (exact) mass is 252 g/mol. The number of aromatic hydroxyl groups is 1. The smallest absolute Gasteiger partial charge is 0.255 e. The summed E-state index contributed by atoms with van der Waals surface area (Å²) >= 11 is 0. The number of nitrogens with two attached hydrogens (primary N) is 1. The fourth-order valence-electron chi connectivity index (χ4n) is 1.36. The van der Waals surface area contributed by atoms with E-state index in [-0.39, 0.29) is 28.4 Å². The highest BCUT2D eigenvalue weighted by Crippen LogP contribution is 2.29. The number of para-hydroxylation sites is 1. The molecule has 5 nitrogen and oxygen atoms in total. The molecule has 100 valence electrons. The van der Waals surface area contributed by atoms with E-state index in [0.717, 1.165) is 0 Å². The van der Waals surface area contributed by atoms with E-state index in [0.29, 0.717) is 13.1 Å². The molecule has 0 saturated carbocycles. The maximum Gasteiger partial charge on any atom is 0.255 e. The number of phenolic OH excluding ortho intramolecular Hbond substituents is 1. The fourth-order valence-corrected chi connectivity index (χ4v) is 1.36. The van der Waals surface area contributed by atoms with Crippen LogP contribution in [-0.4, -0.2) is 31.2 Å². The molecule has 0 heterocycles. The number of hydrogen-bond acceptors (Lipinski definition) is 4. The highest BCUT2D eigenvalue weighted by molar-refractivity contribution is 5.97. The highest BCUT2D eigenvalue weighted by atomic mass is 16.5. The Morgan fingerprint density at radius 2 is 2.17 bits per heavy atom. The molecule has 0 radical (unpaired) electrons. The first-order valence-electron chi connectivity index (χ1n) is 5.75. The van der Waals surface area contributed by atoms with Gasteiger partial charge in [0.15, 0.2) is 11.5 Å². The van der Waals surface area contributed by atoms with Gasteiger partial charge in [0.1, 0.15) is 0 Å². The Labute approximate surface area is 107 Å². The number of benzene rings is 1. The maximum absolute atomic E-state index is 11.9. The summed E-state index contributed by atoms with van der Waals surface area (Å²) in [5.41, 5.74) is 5.61. The van der Waals surface area contributed by atoms with Crippen LogP contribution in [0.1, 0.15) is 24.2 Å². The van der Waals surface area contributed by atoms with Crippen LogP contribution in [0.25, 0.3) is 0 Å². The normalized spacial score (nSPS) is 11.1. The number of rotatable bonds is 5. The summed E-state index contributed by atoms with van der Waals surface area (Å²) in [5.74, 6) is -0.211. The molecule has 1 rings (SSSR count). The summed E-state index contributed by atoms with van der Waals surface area (Å²) in [5, 5.41) is 12.6. The van der Waals surface area contributed by atoms with Crippen molar-refractivity contribution in [3.05, 3.63) is 23.8 Å². The molecule has 18 heavy (non-hydrogen) atoms. The van der Waals surface area contributed by atoms with Gasteiger partial charge in [-0.05, 0) is 24.1 Å². The van der Waals surface area contributed by atoms with Crippen molar-refractivity contribution in [2.24, 2.45) is 11.1 Å². The van der Waals surface area contributed by atoms with Crippen LogP contribution >= 0.6 is 0 Å². The van der Waals surface area contributed by atoms with Gasteiger partial charge in [-0.15, -0.1) is 0 Å². The molecular formula is C13H20N2O3. The molecule has 0 saturated heterocycles. The van der Waals surface area contributed by atoms with Crippen molar-refractivity contribution in [2.75, 3.05) is 20.2 Å². The quantitative estimate of drug-likeness (QED) is 0.733. The zero-order valence-electron chi connectivity index (χ0n) is 11.0. The van der Waals surface area contributed by atoms with Gasteiger partial charge >= 0.3 is 0 Å². The number of hydrogen-bond donors (Lipinski definition) is 3. The minimum absolute atomic E-state index is 0.150. The molecule has 0 atom stereocenters. The largest absolute Gasteiger partial charge is 0.504 e. The second-order valence-corrected chi connectivity index (χ2v) is 4.91. The summed E-state index contributed by atoms with van der Waals surface area (Å²) in [6, 6.07) is 4.79. The Morgan fingerprint density at radius 3 is 2.72 bits per heavy atom. The molecular weight excluding hydrogens is 232 g/mol. The number of amides is 1. The molecule has 1 aromatic rings. The Kier molecular flexibility index (Phi) is 4.55. The van der Waals surface area contributed by atoms with Gasteiger partial charge in [-0.1, -0.05) is 19.9 Å². The number of ether oxygens (including phenoxy) is 1. The molecule has 0 aliphatic rings. The summed E-state index contributed by atoms with van der Waals surface area (Å²) in [7, 11) is 1.44. The summed E-state index contributed by atoms with van der Waals surface area (Å²) < 4.78 is 4.95. The molecule has 0 aliphatic heterocycles. The highest BCUT2D eigenvalue weighted by Gasteiger charge is 2.19. The first-order valence-corrected chi connectivity index (χ1v) is 5.75. The van der Waals surface area contributed by atoms with Gasteiger partial charge in [0.2, 0.25) is 0 Å². The van der Waals surface area contributed by atoms with Gasteiger partial charge < -0.3 is 20.9 Å². The van der Waals surface area contributed by atoms with Crippen LogP contribution in [0.5, 0.6) is 11.5 Å². The predicted molar refractivity (Wildman–Crippen MR) is 69.8 cm³/mol. The van der Waals surface area contributed by atoms with Crippen LogP contribution in [0.15, 0.2) is 18.2 Å². The standard InChI is InChI=1S/C13H20N2O3/c1-13(2,7-14)8-15-12(17)9-5-4-6-10(18-3)11(9)16/h4-6,16H,7-8,14H2,1-3H3,(H,15,17). The Bertz CT molecular complexity index is 430. The van der Waals surface area contributed by atoms with Crippen LogP contribution in [0.2, 0.25) is 0 Å². The van der Waals surface area contributed by atoms with E-state index in [4.69, 9.17) is 10.5 Å². The van der Waals surface area contributed by atoms with Crippen LogP contribution in [0, 0.1) is 5.41 Å². The molecule has 0 spiro atoms. The molecule has 1 aromatic carbocycles. The lowest BCUT2D eigenvalue weighted by Crippen LogP contribution is -2.38. The molecule has 0 aliphatic carbocycles. The molecule has 0 unspecified atom stereocenters. The van der Waals surface area contributed by atoms with Crippen molar-refractivity contribution in [3.63, 3.8) is 0 Å². The molecule has 4 N–H and O–H groups in total. The zero-order chi connectivity index (χ0) is 13.8. The summed E-state index contributed by atoms with van der Waals surface area (Å²) in [4.78, 5) is 11.9. The lowest BCUT2D eigenvalue weighted by atomic mass is 9.94. The third kappa shape index (κ3) is 3.37. The first-order chi connectivity index (χ1) is 8.41. The Balaban J connectivity index is 2.79. The number of phenols is 1. The van der Waals surface area contributed by atoms with Crippen molar-refractivity contribution in [3.8, 4) is 11.5 Å². The average molecular weight is 252 g/mol. The molecule has 0 bridgehead atoms. The zero-order valence-corrected chi connectivity index (χ0v) is 11.0. The van der Waals surface area contributed by atoms with E-state index >= 15 is 0 Å². The average Bonchev–Trinajstić information content (AvgIpc) is 2.36. The van der Waals surface area contributed by atoms with Gasteiger partial charge in [-0.25, -0.2) is 0 Å². The second kappa shape index (κ2) is 5.73. The molecule has 0 aromatic heterocycles. The molecule has 1 amide bonds. The first kappa shape index (κ1) is 14.3. The van der Waals surface area contributed by atoms with Crippen LogP contribution in [0.4, 0.5) is 0 Å². The number of carbonyl (C=O) groups is 1. The fraction of sp³-hybridized carbons (Fsp3) is 0.462. The topological polar surface area (TPSA) is 84.6 Å². The Hall–Kier alpha value is -1.75. The third-order valence-electron chi connectivity index (χ3n) is 2.74. The van der Waals surface area contributed by atoms with Gasteiger partial charge in [0.25, 0.3) is 5.91 Å². The maximum atomic E-state index is 11.9. The summed E-state index contributed by atoms with van der Waals surface area (Å²) in [6.45, 7) is 4.83. The van der Waals surface area contributed by atoms with E-state index in [1.807, 2.05) is 13.8 Å². The van der Waals surface area contributed by atoms with Crippen molar-refractivity contribution in [1.29, 1.82) is 0 Å². The van der Waals surface area contributed by atoms with Crippen molar-refractivity contribution in [2.45, 2.75) is 13.8 Å². The van der Waals surface area contributed by atoms with Crippen molar-refractivity contribution >= 4 is 5.91 Å². The van der Waals surface area contributed by atoms with Gasteiger partial charge in [-0.2, -0.15) is 0 Å². The van der Waals surface area contributed by atoms with Crippen LogP contribution in [0.3, 0.4) is 0 Å². The van der Waals surface area contributed by atoms with E-state index in [9.17, 15) is 9.90 Å².